The Morgan fingerprint density at radius 2 is 2.00 bits per heavy atom. The van der Waals surface area contributed by atoms with E-state index in [1.54, 1.807) is 7.05 Å². The van der Waals surface area contributed by atoms with Crippen LogP contribution < -0.4 is 5.32 Å². The van der Waals surface area contributed by atoms with Gasteiger partial charge in [-0.3, -0.25) is 9.59 Å². The van der Waals surface area contributed by atoms with Gasteiger partial charge in [-0.15, -0.1) is 0 Å². The van der Waals surface area contributed by atoms with Crippen molar-refractivity contribution in [2.24, 2.45) is 11.0 Å². The highest BCUT2D eigenvalue weighted by atomic mass is 16.2. The number of benzene rings is 1. The van der Waals surface area contributed by atoms with Gasteiger partial charge >= 0.3 is 0 Å². The molecule has 3 rings (SSSR count). The number of rotatable bonds is 4. The lowest BCUT2D eigenvalue weighted by molar-refractivity contribution is -0.130. The zero-order valence-electron chi connectivity index (χ0n) is 12.1. The second-order valence-electron chi connectivity index (χ2n) is 5.66. The highest BCUT2D eigenvalue weighted by Gasteiger charge is 2.34. The number of hydrogen-bond donors (Lipinski definition) is 1. The molecule has 1 saturated carbocycles. The van der Waals surface area contributed by atoms with Crippen LogP contribution >= 0.6 is 0 Å². The predicted octanol–water partition coefficient (Wildman–Crippen LogP) is 1.86. The highest BCUT2D eigenvalue weighted by molar-refractivity contribution is 6.39. The van der Waals surface area contributed by atoms with Gasteiger partial charge in [0.25, 0.3) is 5.91 Å². The summed E-state index contributed by atoms with van der Waals surface area (Å²) >= 11 is 0. The average molecular weight is 285 g/mol. The minimum absolute atomic E-state index is 0.0457. The van der Waals surface area contributed by atoms with Gasteiger partial charge in [-0.05, 0) is 24.3 Å². The zero-order chi connectivity index (χ0) is 14.8. The van der Waals surface area contributed by atoms with Crippen molar-refractivity contribution in [1.29, 1.82) is 0 Å². The lowest BCUT2D eigenvalue weighted by Gasteiger charge is -2.22. The summed E-state index contributed by atoms with van der Waals surface area (Å²) in [5.41, 5.74) is 1.58. The largest absolute Gasteiger partial charge is 0.344 e. The smallest absolute Gasteiger partial charge is 0.267 e. The van der Waals surface area contributed by atoms with Crippen molar-refractivity contribution in [2.75, 3.05) is 7.05 Å². The van der Waals surface area contributed by atoms with Crippen molar-refractivity contribution in [2.45, 2.75) is 31.7 Å². The maximum absolute atomic E-state index is 12.4. The summed E-state index contributed by atoms with van der Waals surface area (Å²) < 4.78 is 0. The molecule has 21 heavy (non-hydrogen) atoms. The molecule has 1 atom stereocenters. The summed E-state index contributed by atoms with van der Waals surface area (Å²) in [5, 5.41) is 8.43. The first-order chi connectivity index (χ1) is 10.1. The van der Waals surface area contributed by atoms with Crippen LogP contribution in [0, 0.1) is 5.92 Å². The second-order valence-corrected chi connectivity index (χ2v) is 5.66. The molecule has 0 bridgehead atoms. The van der Waals surface area contributed by atoms with Crippen molar-refractivity contribution in [3.8, 4) is 0 Å². The van der Waals surface area contributed by atoms with Gasteiger partial charge in [-0.2, -0.15) is 5.10 Å². The summed E-state index contributed by atoms with van der Waals surface area (Å²) in [5.74, 6) is 0.309. The van der Waals surface area contributed by atoms with E-state index in [0.717, 1.165) is 18.4 Å². The molecular formula is C16H19N3O2. The van der Waals surface area contributed by atoms with E-state index in [1.807, 2.05) is 30.3 Å². The van der Waals surface area contributed by atoms with Crippen LogP contribution in [0.1, 0.15) is 37.3 Å². The molecule has 1 aromatic rings. The highest BCUT2D eigenvalue weighted by Crippen LogP contribution is 2.40. The molecule has 0 unspecified atom stereocenters. The Kier molecular flexibility index (Phi) is 3.73. The number of carbonyl (C=O) groups is 2. The minimum atomic E-state index is -0.157. The fourth-order valence-electron chi connectivity index (χ4n) is 2.62. The first kappa shape index (κ1) is 13.8. The summed E-state index contributed by atoms with van der Waals surface area (Å²) in [7, 11) is 1.59. The van der Waals surface area contributed by atoms with Crippen LogP contribution in [0.3, 0.4) is 0 Å². The van der Waals surface area contributed by atoms with Crippen molar-refractivity contribution in [3.63, 3.8) is 0 Å². The van der Waals surface area contributed by atoms with E-state index in [1.165, 1.54) is 5.01 Å². The number of carbonyl (C=O) groups excluding carboxylic acids is 2. The summed E-state index contributed by atoms with van der Waals surface area (Å²) in [6, 6.07) is 10.1. The van der Waals surface area contributed by atoms with Gasteiger partial charge in [-0.25, -0.2) is 5.01 Å². The molecule has 0 aromatic heterocycles. The lowest BCUT2D eigenvalue weighted by Crippen LogP contribution is -2.39. The van der Waals surface area contributed by atoms with Crippen molar-refractivity contribution in [3.05, 3.63) is 35.9 Å². The van der Waals surface area contributed by atoms with Gasteiger partial charge in [0, 0.05) is 19.9 Å². The van der Waals surface area contributed by atoms with Crippen LogP contribution in [0.25, 0.3) is 0 Å². The van der Waals surface area contributed by atoms with Gasteiger partial charge in [0.15, 0.2) is 0 Å². The number of nitrogens with zero attached hydrogens (tertiary/aromatic N) is 2. The maximum Gasteiger partial charge on any atom is 0.267 e. The Labute approximate surface area is 124 Å². The number of hydrazone groups is 1. The Balaban J connectivity index is 1.73. The SMILES string of the molecule is CN1N=C(C(=O)N[C@H](c2ccccc2)C2CC2)CCC1=O. The molecule has 1 N–H and O–H groups in total. The van der Waals surface area contributed by atoms with Crippen LogP contribution in [0.5, 0.6) is 0 Å². The van der Waals surface area contributed by atoms with E-state index >= 15 is 0 Å². The third-order valence-electron chi connectivity index (χ3n) is 4.01. The standard InChI is InChI=1S/C16H19N3O2/c1-19-14(20)10-9-13(18-19)16(21)17-15(12-7-8-12)11-5-3-2-4-6-11/h2-6,12,15H,7-10H2,1H3,(H,17,21)/t15-/m1/s1. The topological polar surface area (TPSA) is 61.8 Å². The molecule has 2 aliphatic rings. The molecule has 0 radical (unpaired) electrons. The van der Waals surface area contributed by atoms with Crippen LogP contribution in [0.2, 0.25) is 0 Å². The molecule has 2 amide bonds. The summed E-state index contributed by atoms with van der Waals surface area (Å²) in [6.45, 7) is 0. The molecular weight excluding hydrogens is 266 g/mol. The van der Waals surface area contributed by atoms with Gasteiger partial charge in [0.1, 0.15) is 5.71 Å². The molecule has 5 nitrogen and oxygen atoms in total. The van der Waals surface area contributed by atoms with Crippen LogP contribution in [-0.2, 0) is 9.59 Å². The zero-order valence-corrected chi connectivity index (χ0v) is 12.1. The molecule has 5 heteroatoms. The second kappa shape index (κ2) is 5.68. The predicted molar refractivity (Wildman–Crippen MR) is 79.5 cm³/mol. The Morgan fingerprint density at radius 3 is 2.62 bits per heavy atom. The quantitative estimate of drug-likeness (QED) is 0.918. The molecule has 1 aliphatic heterocycles. The van der Waals surface area contributed by atoms with Crippen LogP contribution in [0.4, 0.5) is 0 Å². The molecule has 1 aromatic carbocycles. The van der Waals surface area contributed by atoms with Gasteiger partial charge in [0.05, 0.1) is 6.04 Å². The Hall–Kier alpha value is -2.17. The van der Waals surface area contributed by atoms with Crippen molar-refractivity contribution < 1.29 is 9.59 Å². The van der Waals surface area contributed by atoms with Gasteiger partial charge < -0.3 is 5.32 Å². The fraction of sp³-hybridized carbons (Fsp3) is 0.438. The van der Waals surface area contributed by atoms with E-state index in [9.17, 15) is 9.59 Å². The van der Waals surface area contributed by atoms with Gasteiger partial charge in [0.2, 0.25) is 5.91 Å². The van der Waals surface area contributed by atoms with Gasteiger partial charge in [-0.1, -0.05) is 30.3 Å². The van der Waals surface area contributed by atoms with E-state index in [-0.39, 0.29) is 17.9 Å². The molecule has 1 aliphatic carbocycles. The van der Waals surface area contributed by atoms with Crippen LogP contribution in [-0.4, -0.2) is 29.6 Å². The van der Waals surface area contributed by atoms with Crippen LogP contribution in [0.15, 0.2) is 35.4 Å². The summed E-state index contributed by atoms with van der Waals surface area (Å²) in [6.07, 6.45) is 3.05. The third-order valence-corrected chi connectivity index (χ3v) is 4.01. The third kappa shape index (κ3) is 3.12. The minimum Gasteiger partial charge on any atom is -0.344 e. The first-order valence-electron chi connectivity index (χ1n) is 7.35. The monoisotopic (exact) mass is 285 g/mol. The summed E-state index contributed by atoms with van der Waals surface area (Å²) in [4.78, 5) is 23.8. The molecule has 110 valence electrons. The number of amides is 2. The molecule has 0 saturated heterocycles. The molecule has 1 fully saturated rings. The van der Waals surface area contributed by atoms with E-state index in [2.05, 4.69) is 10.4 Å². The molecule has 0 spiro atoms. The lowest BCUT2D eigenvalue weighted by atomic mass is 10.0. The van der Waals surface area contributed by atoms with Crippen molar-refractivity contribution >= 4 is 17.5 Å². The Morgan fingerprint density at radius 1 is 1.29 bits per heavy atom. The normalized spacial score (nSPS) is 20.0. The molecule has 1 heterocycles. The first-order valence-corrected chi connectivity index (χ1v) is 7.35. The van der Waals surface area contributed by atoms with Crippen molar-refractivity contribution in [1.82, 2.24) is 10.3 Å². The van der Waals surface area contributed by atoms with E-state index in [4.69, 9.17) is 0 Å². The number of nitrogens with one attached hydrogen (secondary N) is 1. The average Bonchev–Trinajstić information content (AvgIpc) is 3.33. The van der Waals surface area contributed by atoms with E-state index in [0.29, 0.717) is 24.5 Å². The van der Waals surface area contributed by atoms with E-state index < -0.39 is 0 Å². The Bertz CT molecular complexity index is 578. The number of hydrogen-bond acceptors (Lipinski definition) is 3. The fourth-order valence-corrected chi connectivity index (χ4v) is 2.62. The maximum atomic E-state index is 12.4.